The van der Waals surface area contributed by atoms with E-state index in [4.69, 9.17) is 15.2 Å². The van der Waals surface area contributed by atoms with Crippen LogP contribution in [0.25, 0.3) is 0 Å². The van der Waals surface area contributed by atoms with E-state index in [1.807, 2.05) is 25.1 Å². The van der Waals surface area contributed by atoms with Gasteiger partial charge >= 0.3 is 0 Å². The molecule has 0 radical (unpaired) electrons. The Morgan fingerprint density at radius 1 is 1.00 bits per heavy atom. The summed E-state index contributed by atoms with van der Waals surface area (Å²) in [5.74, 6) is 1.46. The van der Waals surface area contributed by atoms with Gasteiger partial charge in [0.05, 0.1) is 7.11 Å². The number of hydrogen-bond donors (Lipinski definition) is 1. The first-order chi connectivity index (χ1) is 10.1. The lowest BCUT2D eigenvalue weighted by Crippen LogP contribution is -2.05. The molecule has 2 aromatic carbocycles. The molecule has 0 heterocycles. The van der Waals surface area contributed by atoms with Gasteiger partial charge in [-0.1, -0.05) is 37.3 Å². The van der Waals surface area contributed by atoms with E-state index in [1.165, 1.54) is 5.56 Å². The highest BCUT2D eigenvalue weighted by atomic mass is 16.5. The number of ether oxygens (including phenoxy) is 2. The first kappa shape index (κ1) is 15.4. The van der Waals surface area contributed by atoms with Crippen molar-refractivity contribution in [2.75, 3.05) is 7.11 Å². The second kappa shape index (κ2) is 7.14. The highest BCUT2D eigenvalue weighted by Crippen LogP contribution is 2.30. The second-order valence-electron chi connectivity index (χ2n) is 5.16. The van der Waals surface area contributed by atoms with Gasteiger partial charge in [-0.2, -0.15) is 0 Å². The van der Waals surface area contributed by atoms with Gasteiger partial charge in [-0.05, 0) is 42.2 Å². The van der Waals surface area contributed by atoms with Crippen molar-refractivity contribution in [3.8, 4) is 11.5 Å². The third-order valence-electron chi connectivity index (χ3n) is 3.54. The molecule has 3 nitrogen and oxygen atoms in total. The van der Waals surface area contributed by atoms with Crippen molar-refractivity contribution in [1.82, 2.24) is 0 Å². The summed E-state index contributed by atoms with van der Waals surface area (Å²) in [6.07, 6.45) is 1.05. The molecule has 0 aliphatic rings. The Balaban J connectivity index is 2.08. The first-order valence-electron chi connectivity index (χ1n) is 7.28. The zero-order valence-corrected chi connectivity index (χ0v) is 12.9. The standard InChI is InChI=1S/C18H23NO2/c1-4-14-5-7-15(8-6-14)12-21-17-10-9-16(13(2)19)11-18(17)20-3/h5-11,13H,4,12,19H2,1-3H3. The minimum atomic E-state index is -0.0189. The Hall–Kier alpha value is -2.00. The molecule has 0 aliphatic heterocycles. The second-order valence-corrected chi connectivity index (χ2v) is 5.16. The molecule has 0 spiro atoms. The summed E-state index contributed by atoms with van der Waals surface area (Å²) >= 11 is 0. The first-order valence-corrected chi connectivity index (χ1v) is 7.28. The van der Waals surface area contributed by atoms with E-state index < -0.39 is 0 Å². The van der Waals surface area contributed by atoms with Crippen molar-refractivity contribution < 1.29 is 9.47 Å². The lowest BCUT2D eigenvalue weighted by molar-refractivity contribution is 0.284. The molecular weight excluding hydrogens is 262 g/mol. The maximum absolute atomic E-state index is 5.88. The highest BCUT2D eigenvalue weighted by molar-refractivity contribution is 5.43. The van der Waals surface area contributed by atoms with Gasteiger partial charge < -0.3 is 15.2 Å². The van der Waals surface area contributed by atoms with Crippen LogP contribution in [0.5, 0.6) is 11.5 Å². The van der Waals surface area contributed by atoms with Gasteiger partial charge in [0.2, 0.25) is 0 Å². The van der Waals surface area contributed by atoms with Crippen LogP contribution in [0, 0.1) is 0 Å². The molecule has 112 valence electrons. The van der Waals surface area contributed by atoms with E-state index in [-0.39, 0.29) is 6.04 Å². The summed E-state index contributed by atoms with van der Waals surface area (Å²) in [5, 5.41) is 0. The maximum Gasteiger partial charge on any atom is 0.161 e. The fourth-order valence-electron chi connectivity index (χ4n) is 2.12. The maximum atomic E-state index is 5.88. The van der Waals surface area contributed by atoms with E-state index in [0.717, 1.165) is 29.0 Å². The monoisotopic (exact) mass is 285 g/mol. The predicted molar refractivity (Wildman–Crippen MR) is 85.7 cm³/mol. The summed E-state index contributed by atoms with van der Waals surface area (Å²) < 4.78 is 11.2. The SMILES string of the molecule is CCc1ccc(COc2ccc(C(C)N)cc2OC)cc1. The molecule has 3 heteroatoms. The average Bonchev–Trinajstić information content (AvgIpc) is 2.53. The highest BCUT2D eigenvalue weighted by Gasteiger charge is 2.08. The van der Waals surface area contributed by atoms with E-state index in [1.54, 1.807) is 7.11 Å². The molecule has 0 aromatic heterocycles. The molecule has 2 N–H and O–H groups in total. The van der Waals surface area contributed by atoms with Crippen molar-refractivity contribution in [2.24, 2.45) is 5.73 Å². The zero-order chi connectivity index (χ0) is 15.2. The Morgan fingerprint density at radius 3 is 2.24 bits per heavy atom. The molecule has 2 rings (SSSR count). The molecule has 0 fully saturated rings. The topological polar surface area (TPSA) is 44.5 Å². The zero-order valence-electron chi connectivity index (χ0n) is 12.9. The van der Waals surface area contributed by atoms with Crippen LogP contribution < -0.4 is 15.2 Å². The molecule has 0 amide bonds. The summed E-state index contributed by atoms with van der Waals surface area (Å²) in [7, 11) is 1.64. The number of methoxy groups -OCH3 is 1. The number of benzene rings is 2. The van der Waals surface area contributed by atoms with E-state index in [0.29, 0.717) is 6.61 Å². The van der Waals surface area contributed by atoms with Crippen LogP contribution in [-0.4, -0.2) is 7.11 Å². The Kier molecular flexibility index (Phi) is 5.23. The fourth-order valence-corrected chi connectivity index (χ4v) is 2.12. The number of rotatable bonds is 6. The summed E-state index contributed by atoms with van der Waals surface area (Å²) in [4.78, 5) is 0. The van der Waals surface area contributed by atoms with Gasteiger partial charge in [-0.3, -0.25) is 0 Å². The smallest absolute Gasteiger partial charge is 0.161 e. The van der Waals surface area contributed by atoms with Crippen LogP contribution in [0.1, 0.15) is 36.6 Å². The number of aryl methyl sites for hydroxylation is 1. The van der Waals surface area contributed by atoms with Crippen LogP contribution in [0.3, 0.4) is 0 Å². The molecule has 1 atom stereocenters. The van der Waals surface area contributed by atoms with Gasteiger partial charge in [0.25, 0.3) is 0 Å². The van der Waals surface area contributed by atoms with Gasteiger partial charge in [-0.25, -0.2) is 0 Å². The van der Waals surface area contributed by atoms with Crippen molar-refractivity contribution >= 4 is 0 Å². The summed E-state index contributed by atoms with van der Waals surface area (Å²) in [6, 6.07) is 14.3. The van der Waals surface area contributed by atoms with Crippen molar-refractivity contribution in [1.29, 1.82) is 0 Å². The summed E-state index contributed by atoms with van der Waals surface area (Å²) in [5.41, 5.74) is 9.39. The summed E-state index contributed by atoms with van der Waals surface area (Å²) in [6.45, 7) is 4.62. The molecule has 21 heavy (non-hydrogen) atoms. The van der Waals surface area contributed by atoms with Gasteiger partial charge in [0.1, 0.15) is 6.61 Å². The molecule has 2 aromatic rings. The van der Waals surface area contributed by atoms with Gasteiger partial charge in [0, 0.05) is 6.04 Å². The normalized spacial score (nSPS) is 12.0. The van der Waals surface area contributed by atoms with Crippen molar-refractivity contribution in [3.05, 3.63) is 59.2 Å². The Morgan fingerprint density at radius 2 is 1.67 bits per heavy atom. The quantitative estimate of drug-likeness (QED) is 0.876. The third-order valence-corrected chi connectivity index (χ3v) is 3.54. The molecule has 1 unspecified atom stereocenters. The molecular formula is C18H23NO2. The van der Waals surface area contributed by atoms with Crippen LogP contribution in [-0.2, 0) is 13.0 Å². The Bertz CT molecular complexity index is 576. The van der Waals surface area contributed by atoms with Crippen LogP contribution in [0.15, 0.2) is 42.5 Å². The predicted octanol–water partition coefficient (Wildman–Crippen LogP) is 3.86. The van der Waals surface area contributed by atoms with Crippen LogP contribution >= 0.6 is 0 Å². The van der Waals surface area contributed by atoms with Crippen molar-refractivity contribution in [3.63, 3.8) is 0 Å². The molecule has 0 saturated carbocycles. The largest absolute Gasteiger partial charge is 0.493 e. The third kappa shape index (κ3) is 3.99. The van der Waals surface area contributed by atoms with Gasteiger partial charge in [-0.15, -0.1) is 0 Å². The number of nitrogens with two attached hydrogens (primary N) is 1. The van der Waals surface area contributed by atoms with E-state index >= 15 is 0 Å². The van der Waals surface area contributed by atoms with Crippen molar-refractivity contribution in [2.45, 2.75) is 32.9 Å². The van der Waals surface area contributed by atoms with Crippen LogP contribution in [0.4, 0.5) is 0 Å². The Labute approximate surface area is 126 Å². The van der Waals surface area contributed by atoms with Crippen LogP contribution in [0.2, 0.25) is 0 Å². The fraction of sp³-hybridized carbons (Fsp3) is 0.333. The molecule has 0 saturated heterocycles. The number of hydrogen-bond acceptors (Lipinski definition) is 3. The molecule has 0 bridgehead atoms. The lowest BCUT2D eigenvalue weighted by Gasteiger charge is -2.14. The van der Waals surface area contributed by atoms with E-state index in [9.17, 15) is 0 Å². The minimum Gasteiger partial charge on any atom is -0.493 e. The van der Waals surface area contributed by atoms with E-state index in [2.05, 4.69) is 31.2 Å². The average molecular weight is 285 g/mol. The van der Waals surface area contributed by atoms with Gasteiger partial charge in [0.15, 0.2) is 11.5 Å². The minimum absolute atomic E-state index is 0.0189. The molecule has 0 aliphatic carbocycles. The lowest BCUT2D eigenvalue weighted by atomic mass is 10.1.